The first-order valence-electron chi connectivity index (χ1n) is 12.0. The zero-order chi connectivity index (χ0) is 26.3. The van der Waals surface area contributed by atoms with Gasteiger partial charge in [-0.15, -0.1) is 0 Å². The summed E-state index contributed by atoms with van der Waals surface area (Å²) >= 11 is 0. The number of carbonyl (C=O) groups is 1. The third-order valence-electron chi connectivity index (χ3n) is 5.77. The van der Waals surface area contributed by atoms with E-state index in [4.69, 9.17) is 9.47 Å². The van der Waals surface area contributed by atoms with Crippen LogP contribution in [0.3, 0.4) is 0 Å². The number of sulfonamides is 1. The highest BCUT2D eigenvalue weighted by atomic mass is 32.2. The number of benzene rings is 3. The molecule has 0 aliphatic heterocycles. The molecule has 3 rings (SSSR count). The third kappa shape index (κ3) is 6.57. The second-order valence-corrected chi connectivity index (χ2v) is 10.4. The van der Waals surface area contributed by atoms with E-state index in [1.807, 2.05) is 52.8 Å². The molecule has 8 heteroatoms. The van der Waals surface area contributed by atoms with E-state index in [1.165, 1.54) is 0 Å². The maximum Gasteiger partial charge on any atom is 0.264 e. The van der Waals surface area contributed by atoms with Crippen molar-refractivity contribution in [2.45, 2.75) is 46.1 Å². The predicted molar refractivity (Wildman–Crippen MR) is 142 cm³/mol. The maximum absolute atomic E-state index is 13.6. The van der Waals surface area contributed by atoms with Crippen LogP contribution in [0.2, 0.25) is 0 Å². The van der Waals surface area contributed by atoms with Gasteiger partial charge in [0.15, 0.2) is 11.5 Å². The molecular formula is C28H34N2O5S. The Labute approximate surface area is 214 Å². The molecule has 0 radical (unpaired) electrons. The van der Waals surface area contributed by atoms with Gasteiger partial charge < -0.3 is 14.8 Å². The zero-order valence-corrected chi connectivity index (χ0v) is 22.3. The largest absolute Gasteiger partial charge is 0.490 e. The van der Waals surface area contributed by atoms with Crippen LogP contribution in [-0.4, -0.2) is 34.1 Å². The van der Waals surface area contributed by atoms with Gasteiger partial charge in [-0.3, -0.25) is 9.10 Å². The molecule has 7 nitrogen and oxygen atoms in total. The summed E-state index contributed by atoms with van der Waals surface area (Å²) in [5.74, 6) is 0.820. The third-order valence-corrected chi connectivity index (χ3v) is 7.56. The fourth-order valence-corrected chi connectivity index (χ4v) is 5.04. The van der Waals surface area contributed by atoms with E-state index in [0.717, 1.165) is 26.6 Å². The summed E-state index contributed by atoms with van der Waals surface area (Å²) in [5, 5.41) is 2.84. The van der Waals surface area contributed by atoms with Crippen LogP contribution in [-0.2, 0) is 21.4 Å². The van der Waals surface area contributed by atoms with Crippen molar-refractivity contribution < 1.29 is 22.7 Å². The van der Waals surface area contributed by atoms with Crippen LogP contribution in [0, 0.1) is 20.8 Å². The van der Waals surface area contributed by atoms with Crippen LogP contribution in [0.4, 0.5) is 5.69 Å². The Morgan fingerprint density at radius 2 is 1.50 bits per heavy atom. The molecule has 0 aromatic heterocycles. The number of ether oxygens (including phenoxy) is 2. The molecule has 0 fully saturated rings. The fraction of sp³-hybridized carbons (Fsp3) is 0.321. The fourth-order valence-electron chi connectivity index (χ4n) is 3.63. The van der Waals surface area contributed by atoms with Crippen LogP contribution in [0.15, 0.2) is 65.6 Å². The zero-order valence-electron chi connectivity index (χ0n) is 21.5. The van der Waals surface area contributed by atoms with Gasteiger partial charge in [0.1, 0.15) is 6.54 Å². The molecule has 0 heterocycles. The molecule has 0 aliphatic rings. The minimum atomic E-state index is -3.97. The molecule has 0 unspecified atom stereocenters. The van der Waals surface area contributed by atoms with Crippen LogP contribution in [0.25, 0.3) is 0 Å². The average Bonchev–Trinajstić information content (AvgIpc) is 2.85. The van der Waals surface area contributed by atoms with E-state index < -0.39 is 15.9 Å². The Balaban J connectivity index is 1.84. The van der Waals surface area contributed by atoms with E-state index in [0.29, 0.717) is 30.4 Å². The predicted octanol–water partition coefficient (Wildman–Crippen LogP) is 4.92. The van der Waals surface area contributed by atoms with Crippen LogP contribution >= 0.6 is 0 Å². The molecule has 0 atom stereocenters. The molecule has 0 aliphatic carbocycles. The highest BCUT2D eigenvalue weighted by Crippen LogP contribution is 2.29. The summed E-state index contributed by atoms with van der Waals surface area (Å²) in [5.41, 5.74) is 4.18. The molecule has 0 saturated heterocycles. The second kappa shape index (κ2) is 11.9. The summed E-state index contributed by atoms with van der Waals surface area (Å²) in [4.78, 5) is 13.1. The number of carbonyl (C=O) groups excluding carboxylic acids is 1. The molecule has 0 bridgehead atoms. The topological polar surface area (TPSA) is 84.9 Å². The molecule has 3 aromatic carbocycles. The lowest BCUT2D eigenvalue weighted by molar-refractivity contribution is -0.119. The number of rotatable bonds is 11. The number of nitrogens with one attached hydrogen (secondary N) is 1. The van der Waals surface area contributed by atoms with Crippen LogP contribution in [0.1, 0.15) is 36.1 Å². The van der Waals surface area contributed by atoms with Gasteiger partial charge in [0, 0.05) is 6.54 Å². The van der Waals surface area contributed by atoms with Crippen molar-refractivity contribution in [1.29, 1.82) is 0 Å². The average molecular weight is 511 g/mol. The van der Waals surface area contributed by atoms with Gasteiger partial charge in [-0.2, -0.15) is 0 Å². The first-order chi connectivity index (χ1) is 17.1. The Morgan fingerprint density at radius 1 is 0.833 bits per heavy atom. The van der Waals surface area contributed by atoms with E-state index in [9.17, 15) is 13.2 Å². The molecule has 1 amide bonds. The van der Waals surface area contributed by atoms with Gasteiger partial charge in [0.2, 0.25) is 5.91 Å². The van der Waals surface area contributed by atoms with E-state index in [1.54, 1.807) is 42.5 Å². The molecule has 1 N–H and O–H groups in total. The van der Waals surface area contributed by atoms with Crippen molar-refractivity contribution in [2.75, 3.05) is 24.1 Å². The number of aryl methyl sites for hydroxylation is 3. The lowest BCUT2D eigenvalue weighted by Crippen LogP contribution is -2.40. The summed E-state index contributed by atoms with van der Waals surface area (Å²) < 4.78 is 39.6. The minimum Gasteiger partial charge on any atom is -0.490 e. The number of amides is 1. The number of nitrogens with zero attached hydrogens (tertiary/aromatic N) is 1. The molecule has 0 saturated carbocycles. The number of hydrogen-bond donors (Lipinski definition) is 1. The molecule has 192 valence electrons. The SMILES string of the molecule is CCOc1ccc(CNC(=O)CN(c2ccc(C)c(C)c2)S(=O)(=O)c2ccc(C)cc2)cc1OCC. The van der Waals surface area contributed by atoms with E-state index in [-0.39, 0.29) is 18.0 Å². The van der Waals surface area contributed by atoms with E-state index >= 15 is 0 Å². The lowest BCUT2D eigenvalue weighted by Gasteiger charge is -2.25. The molecule has 3 aromatic rings. The smallest absolute Gasteiger partial charge is 0.264 e. The Hall–Kier alpha value is -3.52. The first kappa shape index (κ1) is 27.1. The Kier molecular flexibility index (Phi) is 8.98. The number of hydrogen-bond acceptors (Lipinski definition) is 5. The first-order valence-corrected chi connectivity index (χ1v) is 13.4. The van der Waals surface area contributed by atoms with Gasteiger partial charge in [-0.1, -0.05) is 29.8 Å². The summed E-state index contributed by atoms with van der Waals surface area (Å²) in [6.45, 7) is 10.4. The maximum atomic E-state index is 13.6. The van der Waals surface area contributed by atoms with Gasteiger partial charge in [0.05, 0.1) is 23.8 Å². The summed E-state index contributed by atoms with van der Waals surface area (Å²) in [6, 6.07) is 17.4. The standard InChI is InChI=1S/C28H34N2O5S/c1-6-34-26-15-11-23(17-27(26)35-7-2)18-29-28(31)19-30(24-12-10-21(4)22(5)16-24)36(32,33)25-13-8-20(3)9-14-25/h8-17H,6-7,18-19H2,1-5H3,(H,29,31). The highest BCUT2D eigenvalue weighted by Gasteiger charge is 2.27. The Morgan fingerprint density at radius 3 is 2.14 bits per heavy atom. The highest BCUT2D eigenvalue weighted by molar-refractivity contribution is 7.92. The van der Waals surface area contributed by atoms with Crippen molar-refractivity contribution in [2.24, 2.45) is 0 Å². The lowest BCUT2D eigenvalue weighted by atomic mass is 10.1. The normalized spacial score (nSPS) is 11.1. The Bertz CT molecular complexity index is 1300. The second-order valence-electron chi connectivity index (χ2n) is 8.52. The van der Waals surface area contributed by atoms with Gasteiger partial charge in [-0.05, 0) is 87.7 Å². The molecule has 0 spiro atoms. The van der Waals surface area contributed by atoms with Gasteiger partial charge >= 0.3 is 0 Å². The minimum absolute atomic E-state index is 0.131. The van der Waals surface area contributed by atoms with E-state index in [2.05, 4.69) is 5.32 Å². The van der Waals surface area contributed by atoms with Gasteiger partial charge in [-0.25, -0.2) is 8.42 Å². The van der Waals surface area contributed by atoms with Crippen molar-refractivity contribution in [3.05, 3.63) is 82.9 Å². The summed E-state index contributed by atoms with van der Waals surface area (Å²) in [6.07, 6.45) is 0. The van der Waals surface area contributed by atoms with Crippen molar-refractivity contribution in [1.82, 2.24) is 5.32 Å². The van der Waals surface area contributed by atoms with Crippen molar-refractivity contribution >= 4 is 21.6 Å². The quantitative estimate of drug-likeness (QED) is 0.396. The van der Waals surface area contributed by atoms with Crippen LogP contribution < -0.4 is 19.1 Å². The monoisotopic (exact) mass is 510 g/mol. The molecular weight excluding hydrogens is 476 g/mol. The van der Waals surface area contributed by atoms with Crippen LogP contribution in [0.5, 0.6) is 11.5 Å². The van der Waals surface area contributed by atoms with Crippen molar-refractivity contribution in [3.8, 4) is 11.5 Å². The van der Waals surface area contributed by atoms with Crippen molar-refractivity contribution in [3.63, 3.8) is 0 Å². The molecule has 36 heavy (non-hydrogen) atoms. The van der Waals surface area contributed by atoms with Gasteiger partial charge in [0.25, 0.3) is 10.0 Å². The number of anilines is 1. The summed E-state index contributed by atoms with van der Waals surface area (Å²) in [7, 11) is -3.97.